The van der Waals surface area contributed by atoms with Crippen LogP contribution in [0.5, 0.6) is 0 Å². The Morgan fingerprint density at radius 2 is 1.85 bits per heavy atom. The summed E-state index contributed by atoms with van der Waals surface area (Å²) in [6, 6.07) is 1.97. The van der Waals surface area contributed by atoms with Gasteiger partial charge in [-0.25, -0.2) is 15.4 Å². The van der Waals surface area contributed by atoms with Crippen LogP contribution < -0.4 is 5.43 Å². The smallest absolute Gasteiger partial charge is 0.243 e. The first-order valence-electron chi connectivity index (χ1n) is 7.60. The monoisotopic (exact) mass is 274 g/mol. The molecule has 110 valence electrons. The Morgan fingerprint density at radius 1 is 1.20 bits per heavy atom. The fraction of sp³-hybridized carbons (Fsp3) is 0.688. The second kappa shape index (κ2) is 6.33. The van der Waals surface area contributed by atoms with Crippen LogP contribution >= 0.6 is 0 Å². The van der Waals surface area contributed by atoms with Crippen LogP contribution in [0, 0.1) is 31.6 Å². The molecule has 1 aromatic heterocycles. The summed E-state index contributed by atoms with van der Waals surface area (Å²) >= 11 is 0. The Kier molecular flexibility index (Phi) is 4.73. The van der Waals surface area contributed by atoms with Crippen LogP contribution in [0.2, 0.25) is 0 Å². The number of aryl methyl sites for hydroxylation is 2. The number of hydrogen-bond acceptors (Lipinski definition) is 4. The fourth-order valence-corrected chi connectivity index (χ4v) is 2.99. The number of anilines is 1. The molecule has 0 unspecified atom stereocenters. The molecule has 1 saturated carbocycles. The maximum absolute atomic E-state index is 4.63. The molecule has 0 radical (unpaired) electrons. The van der Waals surface area contributed by atoms with Crippen molar-refractivity contribution in [3.05, 3.63) is 17.5 Å². The average molecular weight is 274 g/mol. The number of hydrogen-bond donors (Lipinski definition) is 1. The van der Waals surface area contributed by atoms with Crippen molar-refractivity contribution < 1.29 is 0 Å². The molecule has 1 aliphatic rings. The van der Waals surface area contributed by atoms with Gasteiger partial charge in [-0.2, -0.15) is 5.10 Å². The molecule has 1 aromatic rings. The Labute approximate surface area is 122 Å². The van der Waals surface area contributed by atoms with Gasteiger partial charge in [0.15, 0.2) is 0 Å². The van der Waals surface area contributed by atoms with Crippen LogP contribution in [-0.4, -0.2) is 15.7 Å². The topological polar surface area (TPSA) is 50.2 Å². The third-order valence-corrected chi connectivity index (χ3v) is 4.04. The second-order valence-corrected chi connectivity index (χ2v) is 6.43. The predicted molar refractivity (Wildman–Crippen MR) is 83.9 cm³/mol. The molecule has 1 heterocycles. The molecule has 1 fully saturated rings. The van der Waals surface area contributed by atoms with Gasteiger partial charge in [-0.05, 0) is 51.0 Å². The van der Waals surface area contributed by atoms with E-state index in [0.29, 0.717) is 17.8 Å². The van der Waals surface area contributed by atoms with Gasteiger partial charge >= 0.3 is 0 Å². The zero-order valence-corrected chi connectivity index (χ0v) is 13.3. The summed E-state index contributed by atoms with van der Waals surface area (Å²) in [6.07, 6.45) is 3.63. The third-order valence-electron chi connectivity index (χ3n) is 4.04. The normalized spacial score (nSPS) is 25.2. The molecular formula is C16H26N4. The van der Waals surface area contributed by atoms with Crippen molar-refractivity contribution in [2.45, 2.75) is 53.9 Å². The van der Waals surface area contributed by atoms with Gasteiger partial charge in [-0.15, -0.1) is 0 Å². The minimum Gasteiger partial charge on any atom is -0.245 e. The summed E-state index contributed by atoms with van der Waals surface area (Å²) in [5.41, 5.74) is 6.29. The van der Waals surface area contributed by atoms with Crippen molar-refractivity contribution in [3.63, 3.8) is 0 Å². The van der Waals surface area contributed by atoms with Crippen LogP contribution in [-0.2, 0) is 0 Å². The highest BCUT2D eigenvalue weighted by Crippen LogP contribution is 2.31. The standard InChI is InChI=1S/C16H26N4/c1-10(2)14-7-6-11(3)8-15(14)19-20-16-17-12(4)9-13(5)18-16/h9-11,14H,6-8H2,1-5H3,(H,17,18,20)/b19-15-/t11-,14+/m1/s1. The zero-order valence-electron chi connectivity index (χ0n) is 13.3. The Bertz CT molecular complexity index is 473. The van der Waals surface area contributed by atoms with Gasteiger partial charge in [0.25, 0.3) is 0 Å². The van der Waals surface area contributed by atoms with E-state index in [-0.39, 0.29) is 0 Å². The van der Waals surface area contributed by atoms with Crippen LogP contribution in [0.4, 0.5) is 5.95 Å². The van der Waals surface area contributed by atoms with E-state index in [2.05, 4.69) is 41.3 Å². The molecule has 0 bridgehead atoms. The van der Waals surface area contributed by atoms with Crippen LogP contribution in [0.3, 0.4) is 0 Å². The highest BCUT2D eigenvalue weighted by molar-refractivity contribution is 5.88. The third kappa shape index (κ3) is 3.78. The van der Waals surface area contributed by atoms with Crippen molar-refractivity contribution in [1.82, 2.24) is 9.97 Å². The van der Waals surface area contributed by atoms with Gasteiger partial charge < -0.3 is 0 Å². The largest absolute Gasteiger partial charge is 0.245 e. The molecule has 4 nitrogen and oxygen atoms in total. The molecule has 0 amide bonds. The average Bonchev–Trinajstić information content (AvgIpc) is 2.35. The van der Waals surface area contributed by atoms with Gasteiger partial charge in [0.05, 0.1) is 0 Å². The minimum absolute atomic E-state index is 0.588. The van der Waals surface area contributed by atoms with Crippen molar-refractivity contribution >= 4 is 11.7 Å². The molecule has 2 atom stereocenters. The highest BCUT2D eigenvalue weighted by Gasteiger charge is 2.27. The number of hydrazone groups is 1. The first-order valence-corrected chi connectivity index (χ1v) is 7.60. The lowest BCUT2D eigenvalue weighted by atomic mass is 9.76. The van der Waals surface area contributed by atoms with E-state index >= 15 is 0 Å². The Balaban J connectivity index is 2.14. The SMILES string of the molecule is Cc1cc(C)nc(N/N=C2/C[C@H](C)CC[C@H]2C(C)C)n1. The molecule has 4 heteroatoms. The lowest BCUT2D eigenvalue weighted by Gasteiger charge is -2.30. The maximum Gasteiger partial charge on any atom is 0.243 e. The van der Waals surface area contributed by atoms with Gasteiger partial charge in [-0.1, -0.05) is 20.8 Å². The summed E-state index contributed by atoms with van der Waals surface area (Å²) in [5.74, 6) is 2.56. The van der Waals surface area contributed by atoms with Crippen LogP contribution in [0.15, 0.2) is 11.2 Å². The maximum atomic E-state index is 4.63. The van der Waals surface area contributed by atoms with Gasteiger partial charge in [0.2, 0.25) is 5.95 Å². The molecule has 20 heavy (non-hydrogen) atoms. The molecule has 0 spiro atoms. The minimum atomic E-state index is 0.588. The summed E-state index contributed by atoms with van der Waals surface area (Å²) in [7, 11) is 0. The van der Waals surface area contributed by atoms with Crippen molar-refractivity contribution in [2.75, 3.05) is 5.43 Å². The quantitative estimate of drug-likeness (QED) is 0.849. The van der Waals surface area contributed by atoms with E-state index in [9.17, 15) is 0 Å². The summed E-state index contributed by atoms with van der Waals surface area (Å²) in [5, 5.41) is 4.63. The van der Waals surface area contributed by atoms with Crippen molar-refractivity contribution in [3.8, 4) is 0 Å². The van der Waals surface area contributed by atoms with E-state index in [1.54, 1.807) is 0 Å². The summed E-state index contributed by atoms with van der Waals surface area (Å²) in [6.45, 7) is 10.8. The first kappa shape index (κ1) is 14.9. The van der Waals surface area contributed by atoms with Crippen LogP contribution in [0.1, 0.15) is 51.4 Å². The molecule has 0 aliphatic heterocycles. The van der Waals surface area contributed by atoms with E-state index in [1.807, 2.05) is 19.9 Å². The van der Waals surface area contributed by atoms with Gasteiger partial charge in [0, 0.05) is 23.0 Å². The van der Waals surface area contributed by atoms with E-state index < -0.39 is 0 Å². The number of aromatic nitrogens is 2. The van der Waals surface area contributed by atoms with Crippen molar-refractivity contribution in [1.29, 1.82) is 0 Å². The second-order valence-electron chi connectivity index (χ2n) is 6.43. The molecule has 1 aliphatic carbocycles. The molecule has 2 rings (SSSR count). The molecule has 0 aromatic carbocycles. The molecular weight excluding hydrogens is 248 g/mol. The fourth-order valence-electron chi connectivity index (χ4n) is 2.99. The molecule has 0 saturated heterocycles. The van der Waals surface area contributed by atoms with Gasteiger partial charge in [0.1, 0.15) is 0 Å². The van der Waals surface area contributed by atoms with Gasteiger partial charge in [-0.3, -0.25) is 0 Å². The lowest BCUT2D eigenvalue weighted by molar-refractivity contribution is 0.364. The summed E-state index contributed by atoms with van der Waals surface area (Å²) < 4.78 is 0. The Hall–Kier alpha value is -1.45. The summed E-state index contributed by atoms with van der Waals surface area (Å²) in [4.78, 5) is 8.76. The number of rotatable bonds is 3. The lowest BCUT2D eigenvalue weighted by Crippen LogP contribution is -2.28. The van der Waals surface area contributed by atoms with Crippen molar-refractivity contribution in [2.24, 2.45) is 22.9 Å². The zero-order chi connectivity index (χ0) is 14.7. The number of nitrogens with zero attached hydrogens (tertiary/aromatic N) is 3. The highest BCUT2D eigenvalue weighted by atomic mass is 15.4. The van der Waals surface area contributed by atoms with E-state index in [4.69, 9.17) is 0 Å². The van der Waals surface area contributed by atoms with E-state index in [1.165, 1.54) is 18.6 Å². The first-order chi connectivity index (χ1) is 9.45. The number of nitrogens with one attached hydrogen (secondary N) is 1. The van der Waals surface area contributed by atoms with Crippen LogP contribution in [0.25, 0.3) is 0 Å². The molecule has 1 N–H and O–H groups in total. The Morgan fingerprint density at radius 3 is 2.45 bits per heavy atom. The van der Waals surface area contributed by atoms with E-state index in [0.717, 1.165) is 23.7 Å². The predicted octanol–water partition coefficient (Wildman–Crippen LogP) is 3.95.